The van der Waals surface area contributed by atoms with E-state index in [1.807, 2.05) is 12.1 Å². The van der Waals surface area contributed by atoms with Crippen molar-refractivity contribution in [3.63, 3.8) is 0 Å². The number of aromatic nitrogens is 2. The molecule has 2 nitrogen and oxygen atoms in total. The summed E-state index contributed by atoms with van der Waals surface area (Å²) in [6.45, 7) is 0. The molecule has 0 fully saturated rings. The molecule has 0 saturated carbocycles. The second-order valence-corrected chi connectivity index (χ2v) is 2.36. The number of hydrogen-bond acceptors (Lipinski definition) is 1. The average Bonchev–Trinajstić information content (AvgIpc) is 2.54. The van der Waals surface area contributed by atoms with Crippen LogP contribution < -0.4 is 0 Å². The molecule has 0 saturated heterocycles. The maximum absolute atomic E-state index is 12.5. The van der Waals surface area contributed by atoms with Gasteiger partial charge in [-0.3, -0.25) is 0 Å². The SMILES string of the molecule is Fc1cnn(-c2cc[c]cc2)c1. The molecule has 1 heterocycles. The van der Waals surface area contributed by atoms with Gasteiger partial charge in [0, 0.05) is 0 Å². The van der Waals surface area contributed by atoms with Gasteiger partial charge in [-0.1, -0.05) is 12.1 Å². The lowest BCUT2D eigenvalue weighted by atomic mass is 10.3. The molecule has 59 valence electrons. The van der Waals surface area contributed by atoms with Crippen LogP contribution in [-0.2, 0) is 0 Å². The van der Waals surface area contributed by atoms with Crippen LogP contribution in [-0.4, -0.2) is 9.78 Å². The third kappa shape index (κ3) is 1.21. The minimum absolute atomic E-state index is 0.331. The van der Waals surface area contributed by atoms with Crippen molar-refractivity contribution in [2.24, 2.45) is 0 Å². The van der Waals surface area contributed by atoms with E-state index >= 15 is 0 Å². The molecule has 1 aromatic carbocycles. The predicted molar refractivity (Wildman–Crippen MR) is 42.4 cm³/mol. The maximum atomic E-state index is 12.5. The Kier molecular flexibility index (Phi) is 1.63. The summed E-state index contributed by atoms with van der Waals surface area (Å²) in [5.74, 6) is -0.331. The fraction of sp³-hybridized carbons (Fsp3) is 0. The summed E-state index contributed by atoms with van der Waals surface area (Å²) in [5, 5.41) is 3.81. The van der Waals surface area contributed by atoms with E-state index in [2.05, 4.69) is 11.2 Å². The zero-order valence-corrected chi connectivity index (χ0v) is 6.24. The standard InChI is InChI=1S/C9H6FN2/c10-8-6-11-12(7-8)9-4-2-1-3-5-9/h2-7H. The molecule has 12 heavy (non-hydrogen) atoms. The van der Waals surface area contributed by atoms with Crippen molar-refractivity contribution >= 4 is 0 Å². The van der Waals surface area contributed by atoms with Crippen molar-refractivity contribution in [3.05, 3.63) is 48.5 Å². The van der Waals surface area contributed by atoms with Gasteiger partial charge in [0.15, 0.2) is 5.82 Å². The molecule has 0 unspecified atom stereocenters. The van der Waals surface area contributed by atoms with Gasteiger partial charge in [0.05, 0.1) is 18.1 Å². The van der Waals surface area contributed by atoms with Gasteiger partial charge in [0.1, 0.15) is 0 Å². The normalized spacial score (nSPS) is 10.1. The van der Waals surface area contributed by atoms with Crippen LogP contribution in [0.5, 0.6) is 0 Å². The van der Waals surface area contributed by atoms with E-state index in [9.17, 15) is 4.39 Å². The van der Waals surface area contributed by atoms with Gasteiger partial charge in [-0.2, -0.15) is 5.10 Å². The van der Waals surface area contributed by atoms with Gasteiger partial charge in [-0.15, -0.1) is 0 Å². The molecule has 1 aromatic heterocycles. The first-order valence-electron chi connectivity index (χ1n) is 3.53. The van der Waals surface area contributed by atoms with Crippen LogP contribution in [0.4, 0.5) is 4.39 Å². The van der Waals surface area contributed by atoms with Crippen molar-refractivity contribution in [1.29, 1.82) is 0 Å². The average molecular weight is 161 g/mol. The number of rotatable bonds is 1. The van der Waals surface area contributed by atoms with Crippen LogP contribution in [0.2, 0.25) is 0 Å². The molecule has 0 aliphatic carbocycles. The summed E-state index contributed by atoms with van der Waals surface area (Å²) in [6, 6.07) is 10.0. The Labute approximate surface area is 69.3 Å². The van der Waals surface area contributed by atoms with Gasteiger partial charge < -0.3 is 0 Å². The van der Waals surface area contributed by atoms with E-state index in [1.165, 1.54) is 17.1 Å². The minimum Gasteiger partial charge on any atom is -0.238 e. The second kappa shape index (κ2) is 2.77. The maximum Gasteiger partial charge on any atom is 0.161 e. The Hall–Kier alpha value is -1.64. The van der Waals surface area contributed by atoms with Crippen molar-refractivity contribution in [1.82, 2.24) is 9.78 Å². The predicted octanol–water partition coefficient (Wildman–Crippen LogP) is 1.81. The fourth-order valence-corrected chi connectivity index (χ4v) is 0.973. The van der Waals surface area contributed by atoms with Crippen molar-refractivity contribution in [2.75, 3.05) is 0 Å². The van der Waals surface area contributed by atoms with Crippen LogP contribution in [0.1, 0.15) is 0 Å². The monoisotopic (exact) mass is 161 g/mol. The van der Waals surface area contributed by atoms with Crippen LogP contribution >= 0.6 is 0 Å². The molecule has 0 atom stereocenters. The lowest BCUT2D eigenvalue weighted by Crippen LogP contribution is -1.92. The number of halogens is 1. The highest BCUT2D eigenvalue weighted by Gasteiger charge is 1.97. The number of benzene rings is 1. The molecule has 1 radical (unpaired) electrons. The first-order valence-corrected chi connectivity index (χ1v) is 3.53. The molecule has 0 bridgehead atoms. The molecule has 3 heteroatoms. The summed E-state index contributed by atoms with van der Waals surface area (Å²) >= 11 is 0. The molecular weight excluding hydrogens is 155 g/mol. The summed E-state index contributed by atoms with van der Waals surface area (Å²) in [4.78, 5) is 0. The molecule has 0 N–H and O–H groups in total. The Balaban J connectivity index is 2.45. The molecule has 0 aliphatic rings. The van der Waals surface area contributed by atoms with E-state index in [0.717, 1.165) is 5.69 Å². The third-order valence-corrected chi connectivity index (χ3v) is 1.52. The Morgan fingerprint density at radius 2 is 2.08 bits per heavy atom. The third-order valence-electron chi connectivity index (χ3n) is 1.52. The van der Waals surface area contributed by atoms with E-state index in [-0.39, 0.29) is 5.82 Å². The van der Waals surface area contributed by atoms with Crippen molar-refractivity contribution in [2.45, 2.75) is 0 Å². The largest absolute Gasteiger partial charge is 0.238 e. The first-order chi connectivity index (χ1) is 5.86. The van der Waals surface area contributed by atoms with Gasteiger partial charge in [0.2, 0.25) is 0 Å². The van der Waals surface area contributed by atoms with Gasteiger partial charge in [-0.25, -0.2) is 9.07 Å². The van der Waals surface area contributed by atoms with Crippen LogP contribution in [0.15, 0.2) is 36.7 Å². The highest BCUT2D eigenvalue weighted by molar-refractivity contribution is 5.29. The molecule has 0 amide bonds. The Morgan fingerprint density at radius 1 is 1.33 bits per heavy atom. The molecule has 2 rings (SSSR count). The first kappa shape index (κ1) is 7.03. The highest BCUT2D eigenvalue weighted by Crippen LogP contribution is 2.05. The van der Waals surface area contributed by atoms with Crippen molar-refractivity contribution in [3.8, 4) is 5.69 Å². The van der Waals surface area contributed by atoms with E-state index in [4.69, 9.17) is 0 Å². The van der Waals surface area contributed by atoms with Gasteiger partial charge >= 0.3 is 0 Å². The Morgan fingerprint density at radius 3 is 2.67 bits per heavy atom. The quantitative estimate of drug-likeness (QED) is 0.623. The Bertz CT molecular complexity index is 367. The van der Waals surface area contributed by atoms with E-state index in [1.54, 1.807) is 12.1 Å². The summed E-state index contributed by atoms with van der Waals surface area (Å²) in [7, 11) is 0. The summed E-state index contributed by atoms with van der Waals surface area (Å²) in [5.41, 5.74) is 0.831. The van der Waals surface area contributed by atoms with Crippen molar-refractivity contribution < 1.29 is 4.39 Å². The van der Waals surface area contributed by atoms with Crippen LogP contribution in [0, 0.1) is 11.9 Å². The summed E-state index contributed by atoms with van der Waals surface area (Å²) < 4.78 is 14.0. The van der Waals surface area contributed by atoms with Gasteiger partial charge in [-0.05, 0) is 18.2 Å². The molecule has 0 aliphatic heterocycles. The highest BCUT2D eigenvalue weighted by atomic mass is 19.1. The van der Waals surface area contributed by atoms with Gasteiger partial charge in [0.25, 0.3) is 0 Å². The van der Waals surface area contributed by atoms with E-state index < -0.39 is 0 Å². The molecule has 2 aromatic rings. The van der Waals surface area contributed by atoms with E-state index in [0.29, 0.717) is 0 Å². The molecular formula is C9H6FN2. The summed E-state index contributed by atoms with van der Waals surface area (Å²) in [6.07, 6.45) is 2.51. The number of nitrogens with zero attached hydrogens (tertiary/aromatic N) is 2. The second-order valence-electron chi connectivity index (χ2n) is 2.36. The lowest BCUT2D eigenvalue weighted by molar-refractivity contribution is 0.627. The fourth-order valence-electron chi connectivity index (χ4n) is 0.973. The zero-order valence-electron chi connectivity index (χ0n) is 6.24. The smallest absolute Gasteiger partial charge is 0.161 e. The number of hydrogen-bond donors (Lipinski definition) is 0. The zero-order chi connectivity index (χ0) is 8.39. The van der Waals surface area contributed by atoms with Crippen LogP contribution in [0.3, 0.4) is 0 Å². The topological polar surface area (TPSA) is 17.8 Å². The molecule has 0 spiro atoms. The lowest BCUT2D eigenvalue weighted by Gasteiger charge is -1.97. The minimum atomic E-state index is -0.331. The van der Waals surface area contributed by atoms with Crippen LogP contribution in [0.25, 0.3) is 5.69 Å².